The first kappa shape index (κ1) is 13.1. The quantitative estimate of drug-likeness (QED) is 0.562. The van der Waals surface area contributed by atoms with Gasteiger partial charge in [-0.25, -0.2) is 0 Å². The summed E-state index contributed by atoms with van der Waals surface area (Å²) in [6.07, 6.45) is 0. The zero-order valence-electron chi connectivity index (χ0n) is 7.65. The second-order valence-corrected chi connectivity index (χ2v) is 5.07. The molecule has 0 heterocycles. The van der Waals surface area contributed by atoms with E-state index < -0.39 is 0 Å². The molecule has 0 aromatic heterocycles. The highest BCUT2D eigenvalue weighted by molar-refractivity contribution is 6.35. The lowest BCUT2D eigenvalue weighted by atomic mass is 10.3. The fourth-order valence-electron chi connectivity index (χ4n) is 0.763. The molecule has 0 bridgehead atoms. The van der Waals surface area contributed by atoms with Crippen LogP contribution in [0.4, 0.5) is 0 Å². The number of hydrogen-bond donors (Lipinski definition) is 0. The average molecular weight is 159 g/mol. The largest absolute Gasteiger partial charge is 0.412 e. The molecule has 2 heteroatoms. The minimum Gasteiger partial charge on any atom is -0.412 e. The van der Waals surface area contributed by atoms with Crippen molar-refractivity contribution in [1.82, 2.24) is 0 Å². The maximum absolute atomic E-state index is 2.31. The maximum Gasteiger partial charge on any atom is 0.200 e. The molecule has 0 amide bonds. The Morgan fingerprint density at radius 3 is 1.40 bits per heavy atom. The van der Waals surface area contributed by atoms with Crippen LogP contribution >= 0.6 is 0 Å². The van der Waals surface area contributed by atoms with E-state index in [1.54, 1.807) is 0 Å². The summed E-state index contributed by atoms with van der Waals surface area (Å²) in [4.78, 5) is 0. The second-order valence-electron chi connectivity index (χ2n) is 3.55. The molecule has 0 unspecified atom stereocenters. The topological polar surface area (TPSA) is 31.5 Å². The van der Waals surface area contributed by atoms with E-state index in [1.165, 1.54) is 10.6 Å². The van der Waals surface area contributed by atoms with Crippen LogP contribution in [0.1, 0.15) is 27.7 Å². The van der Waals surface area contributed by atoms with E-state index in [-0.39, 0.29) is 5.48 Å². The molecule has 0 rings (SSSR count). The van der Waals surface area contributed by atoms with Crippen molar-refractivity contribution in [3.05, 3.63) is 0 Å². The van der Waals surface area contributed by atoms with Crippen molar-refractivity contribution in [2.75, 3.05) is 0 Å². The number of rotatable bonds is 4. The van der Waals surface area contributed by atoms with Gasteiger partial charge in [-0.3, -0.25) is 0 Å². The SMILES string of the molecule is CC(C)[CH2][Al][CH2]C(C)C.O. The Morgan fingerprint density at radius 1 is 0.900 bits per heavy atom. The Hall–Kier alpha value is 0.492. The van der Waals surface area contributed by atoms with Crippen LogP contribution < -0.4 is 0 Å². The molecule has 0 atom stereocenters. The highest BCUT2D eigenvalue weighted by Gasteiger charge is 1.98. The Kier molecular flexibility index (Phi) is 9.96. The molecule has 0 spiro atoms. The van der Waals surface area contributed by atoms with Crippen LogP contribution in [0, 0.1) is 11.8 Å². The molecule has 0 fully saturated rings. The Labute approximate surface area is 71.2 Å². The molecule has 0 aliphatic rings. The molecule has 0 aromatic carbocycles. The lowest BCUT2D eigenvalue weighted by Crippen LogP contribution is -1.99. The second kappa shape index (κ2) is 7.60. The van der Waals surface area contributed by atoms with E-state index in [2.05, 4.69) is 27.7 Å². The molecule has 61 valence electrons. The van der Waals surface area contributed by atoms with Crippen molar-refractivity contribution in [2.24, 2.45) is 11.8 Å². The summed E-state index contributed by atoms with van der Waals surface area (Å²) >= 11 is 0.755. The van der Waals surface area contributed by atoms with Crippen LogP contribution in [-0.2, 0) is 0 Å². The Morgan fingerprint density at radius 2 is 1.20 bits per heavy atom. The first-order valence-electron chi connectivity index (χ1n) is 3.94. The predicted octanol–water partition coefficient (Wildman–Crippen LogP) is 2.01. The van der Waals surface area contributed by atoms with E-state index in [1.807, 2.05) is 0 Å². The lowest BCUT2D eigenvalue weighted by Gasteiger charge is -2.03. The summed E-state index contributed by atoms with van der Waals surface area (Å²) < 4.78 is 0. The molecule has 2 N–H and O–H groups in total. The summed E-state index contributed by atoms with van der Waals surface area (Å²) in [6, 6.07) is 0. The molecule has 1 nitrogen and oxygen atoms in total. The fourth-order valence-corrected chi connectivity index (χ4v) is 2.29. The van der Waals surface area contributed by atoms with Gasteiger partial charge in [0.1, 0.15) is 0 Å². The summed E-state index contributed by atoms with van der Waals surface area (Å²) in [5.74, 6) is 1.86. The molecule has 0 aliphatic carbocycles. The predicted molar refractivity (Wildman–Crippen MR) is 48.7 cm³/mol. The van der Waals surface area contributed by atoms with Crippen LogP contribution in [0.3, 0.4) is 0 Å². The summed E-state index contributed by atoms with van der Waals surface area (Å²) in [6.45, 7) is 9.25. The molecule has 0 aliphatic heterocycles. The third-order valence-corrected chi connectivity index (χ3v) is 3.83. The van der Waals surface area contributed by atoms with E-state index in [0.717, 1.165) is 27.1 Å². The molecule has 0 saturated carbocycles. The molecule has 0 saturated heterocycles. The van der Waals surface area contributed by atoms with Crippen LogP contribution in [0.25, 0.3) is 0 Å². The van der Waals surface area contributed by atoms with E-state index in [0.29, 0.717) is 0 Å². The summed E-state index contributed by atoms with van der Waals surface area (Å²) in [5, 5.41) is 2.97. The van der Waals surface area contributed by atoms with Gasteiger partial charge in [-0.05, 0) is 0 Å². The van der Waals surface area contributed by atoms with Gasteiger partial charge in [0.05, 0.1) is 0 Å². The molecular weight excluding hydrogens is 139 g/mol. The van der Waals surface area contributed by atoms with Gasteiger partial charge in [-0.15, -0.1) is 10.6 Å². The lowest BCUT2D eigenvalue weighted by molar-refractivity contribution is 0.700. The van der Waals surface area contributed by atoms with Gasteiger partial charge < -0.3 is 5.48 Å². The average Bonchev–Trinajstić information content (AvgIpc) is 1.63. The summed E-state index contributed by atoms with van der Waals surface area (Å²) in [7, 11) is 0. The minimum atomic E-state index is 0. The minimum absolute atomic E-state index is 0. The van der Waals surface area contributed by atoms with Gasteiger partial charge >= 0.3 is 0 Å². The van der Waals surface area contributed by atoms with Gasteiger partial charge in [-0.2, -0.15) is 0 Å². The first-order valence-corrected chi connectivity index (χ1v) is 5.58. The van der Waals surface area contributed by atoms with Crippen LogP contribution in [0.2, 0.25) is 10.6 Å². The van der Waals surface area contributed by atoms with Crippen molar-refractivity contribution < 1.29 is 5.48 Å². The van der Waals surface area contributed by atoms with E-state index in [9.17, 15) is 0 Å². The first-order chi connectivity index (χ1) is 4.13. The van der Waals surface area contributed by atoms with Crippen molar-refractivity contribution in [1.29, 1.82) is 0 Å². The van der Waals surface area contributed by atoms with Crippen molar-refractivity contribution >= 4 is 15.2 Å². The Balaban J connectivity index is 0. The normalized spacial score (nSPS) is 9.80. The molecule has 10 heavy (non-hydrogen) atoms. The molecular formula is C8H20AlO. The zero-order chi connectivity index (χ0) is 7.28. The standard InChI is InChI=1S/2C4H9.Al.H2O/c2*1-4(2)3;;/h2*4H,1H2,2-3H3;;1H2. The summed E-state index contributed by atoms with van der Waals surface area (Å²) in [5.41, 5.74) is 0. The third kappa shape index (κ3) is 11.3. The van der Waals surface area contributed by atoms with Gasteiger partial charge in [-0.1, -0.05) is 39.5 Å². The molecule has 1 radical (unpaired) electrons. The van der Waals surface area contributed by atoms with Crippen molar-refractivity contribution in [2.45, 2.75) is 38.3 Å². The van der Waals surface area contributed by atoms with Crippen molar-refractivity contribution in [3.63, 3.8) is 0 Å². The zero-order valence-corrected chi connectivity index (χ0v) is 8.80. The van der Waals surface area contributed by atoms with Gasteiger partial charge in [0.2, 0.25) is 15.2 Å². The number of hydrogen-bond acceptors (Lipinski definition) is 0. The molecule has 0 aromatic rings. The van der Waals surface area contributed by atoms with E-state index >= 15 is 0 Å². The van der Waals surface area contributed by atoms with Crippen molar-refractivity contribution in [3.8, 4) is 0 Å². The highest BCUT2D eigenvalue weighted by atomic mass is 27.1. The smallest absolute Gasteiger partial charge is 0.200 e. The van der Waals surface area contributed by atoms with Gasteiger partial charge in [0.15, 0.2) is 0 Å². The maximum atomic E-state index is 2.31. The van der Waals surface area contributed by atoms with Gasteiger partial charge in [0, 0.05) is 0 Å². The third-order valence-electron chi connectivity index (χ3n) is 1.28. The fraction of sp³-hybridized carbons (Fsp3) is 1.00. The van der Waals surface area contributed by atoms with E-state index in [4.69, 9.17) is 0 Å². The van der Waals surface area contributed by atoms with Crippen LogP contribution in [0.5, 0.6) is 0 Å². The monoisotopic (exact) mass is 159 g/mol. The Bertz CT molecular complexity index is 54.3. The highest BCUT2D eigenvalue weighted by Crippen LogP contribution is 2.05. The van der Waals surface area contributed by atoms with Gasteiger partial charge in [0.25, 0.3) is 0 Å². The van der Waals surface area contributed by atoms with Crippen LogP contribution in [-0.4, -0.2) is 20.7 Å². The van der Waals surface area contributed by atoms with Crippen LogP contribution in [0.15, 0.2) is 0 Å².